The summed E-state index contributed by atoms with van der Waals surface area (Å²) in [5.74, 6) is -0.195. The highest BCUT2D eigenvalue weighted by atomic mass is 35.5. The zero-order chi connectivity index (χ0) is 18.6. The Hall–Kier alpha value is -1.93. The van der Waals surface area contributed by atoms with Crippen LogP contribution in [-0.2, 0) is 14.8 Å². The van der Waals surface area contributed by atoms with Crippen LogP contribution in [-0.4, -0.2) is 51.4 Å². The summed E-state index contributed by atoms with van der Waals surface area (Å²) in [6, 6.07) is 13.1. The number of hydrogen-bond donors (Lipinski definition) is 1. The largest absolute Gasteiger partial charge is 0.379 e. The highest BCUT2D eigenvalue weighted by molar-refractivity contribution is 7.89. The van der Waals surface area contributed by atoms with E-state index in [2.05, 4.69) is 5.32 Å². The molecule has 8 heteroatoms. The van der Waals surface area contributed by atoms with Gasteiger partial charge in [-0.2, -0.15) is 4.31 Å². The summed E-state index contributed by atoms with van der Waals surface area (Å²) < 4.78 is 32.0. The minimum Gasteiger partial charge on any atom is -0.379 e. The van der Waals surface area contributed by atoms with Crippen molar-refractivity contribution in [2.24, 2.45) is 0 Å². The molecule has 138 valence electrons. The van der Waals surface area contributed by atoms with Gasteiger partial charge in [0, 0.05) is 29.4 Å². The molecule has 0 bridgehead atoms. The van der Waals surface area contributed by atoms with Crippen molar-refractivity contribution in [3.05, 3.63) is 59.1 Å². The third kappa shape index (κ3) is 4.42. The Labute approximate surface area is 157 Å². The molecule has 0 aliphatic carbocycles. The first kappa shape index (κ1) is 18.8. The van der Waals surface area contributed by atoms with E-state index < -0.39 is 10.0 Å². The van der Waals surface area contributed by atoms with Crippen LogP contribution in [0.4, 0.5) is 5.69 Å². The van der Waals surface area contributed by atoms with Crippen LogP contribution in [0, 0.1) is 0 Å². The molecule has 1 aliphatic heterocycles. The summed E-state index contributed by atoms with van der Waals surface area (Å²) in [6.45, 7) is 1.45. The molecule has 0 spiro atoms. The van der Waals surface area contributed by atoms with E-state index in [0.29, 0.717) is 36.9 Å². The number of benzene rings is 2. The molecule has 1 saturated heterocycles. The van der Waals surface area contributed by atoms with Gasteiger partial charge in [-0.3, -0.25) is 4.79 Å². The average Bonchev–Trinajstić information content (AvgIpc) is 2.68. The number of sulfonamides is 1. The standard InChI is InChI=1S/C18H19ClN2O4S/c19-15-4-6-16(7-5-15)20-13-18(22)14-2-1-3-17(12-14)26(23,24)21-8-10-25-11-9-21/h1-7,12,20H,8-11,13H2. The summed E-state index contributed by atoms with van der Waals surface area (Å²) in [5, 5.41) is 3.62. The molecule has 26 heavy (non-hydrogen) atoms. The van der Waals surface area contributed by atoms with E-state index in [4.69, 9.17) is 16.3 Å². The van der Waals surface area contributed by atoms with E-state index in [-0.39, 0.29) is 17.2 Å². The van der Waals surface area contributed by atoms with Gasteiger partial charge >= 0.3 is 0 Å². The van der Waals surface area contributed by atoms with E-state index in [9.17, 15) is 13.2 Å². The molecule has 0 unspecified atom stereocenters. The summed E-state index contributed by atoms with van der Waals surface area (Å²) >= 11 is 5.83. The van der Waals surface area contributed by atoms with Crippen LogP contribution < -0.4 is 5.32 Å². The lowest BCUT2D eigenvalue weighted by Crippen LogP contribution is -2.40. The maximum absolute atomic E-state index is 12.7. The first-order valence-corrected chi connectivity index (χ1v) is 9.99. The lowest BCUT2D eigenvalue weighted by atomic mass is 10.1. The molecule has 1 N–H and O–H groups in total. The lowest BCUT2D eigenvalue weighted by Gasteiger charge is -2.26. The van der Waals surface area contributed by atoms with E-state index >= 15 is 0 Å². The predicted molar refractivity (Wildman–Crippen MR) is 100 cm³/mol. The molecule has 0 saturated carbocycles. The molecule has 2 aromatic carbocycles. The van der Waals surface area contributed by atoms with Gasteiger partial charge in [-0.05, 0) is 36.4 Å². The molecule has 1 heterocycles. The fourth-order valence-electron chi connectivity index (χ4n) is 2.62. The van der Waals surface area contributed by atoms with Gasteiger partial charge in [0.1, 0.15) is 0 Å². The lowest BCUT2D eigenvalue weighted by molar-refractivity contribution is 0.0730. The maximum Gasteiger partial charge on any atom is 0.243 e. The number of Topliss-reactive ketones (excluding diaryl/α,β-unsaturated/α-hetero) is 1. The normalized spacial score (nSPS) is 15.6. The molecule has 0 aromatic heterocycles. The van der Waals surface area contributed by atoms with E-state index in [1.165, 1.54) is 16.4 Å². The van der Waals surface area contributed by atoms with Gasteiger partial charge in [-0.15, -0.1) is 0 Å². The molecule has 6 nitrogen and oxygen atoms in total. The van der Waals surface area contributed by atoms with Crippen LogP contribution in [0.1, 0.15) is 10.4 Å². The Balaban J connectivity index is 1.71. The molecule has 0 atom stereocenters. The smallest absolute Gasteiger partial charge is 0.243 e. The van der Waals surface area contributed by atoms with E-state index in [1.54, 1.807) is 36.4 Å². The van der Waals surface area contributed by atoms with Crippen molar-refractivity contribution in [2.75, 3.05) is 38.2 Å². The van der Waals surface area contributed by atoms with Gasteiger partial charge < -0.3 is 10.1 Å². The maximum atomic E-state index is 12.7. The zero-order valence-electron chi connectivity index (χ0n) is 14.0. The Kier molecular flexibility index (Phi) is 5.93. The number of carbonyl (C=O) groups is 1. The fourth-order valence-corrected chi connectivity index (χ4v) is 4.20. The fraction of sp³-hybridized carbons (Fsp3) is 0.278. The predicted octanol–water partition coefficient (Wildman–Crippen LogP) is 2.66. The van der Waals surface area contributed by atoms with Crippen molar-refractivity contribution in [1.82, 2.24) is 4.31 Å². The summed E-state index contributed by atoms with van der Waals surface area (Å²) in [7, 11) is -3.62. The summed E-state index contributed by atoms with van der Waals surface area (Å²) in [5.41, 5.74) is 1.11. The minimum atomic E-state index is -3.62. The Morgan fingerprint density at radius 3 is 2.50 bits per heavy atom. The SMILES string of the molecule is O=C(CNc1ccc(Cl)cc1)c1cccc(S(=O)(=O)N2CCOCC2)c1. The van der Waals surface area contributed by atoms with Gasteiger partial charge in [0.05, 0.1) is 24.7 Å². The van der Waals surface area contributed by atoms with Crippen LogP contribution in [0.3, 0.4) is 0 Å². The van der Waals surface area contributed by atoms with Gasteiger partial charge in [0.25, 0.3) is 0 Å². The highest BCUT2D eigenvalue weighted by Gasteiger charge is 2.26. The van der Waals surface area contributed by atoms with Crippen LogP contribution in [0.15, 0.2) is 53.4 Å². The van der Waals surface area contributed by atoms with Gasteiger partial charge in [-0.1, -0.05) is 23.7 Å². The molecule has 0 radical (unpaired) electrons. The van der Waals surface area contributed by atoms with Crippen molar-refractivity contribution in [2.45, 2.75) is 4.90 Å². The van der Waals surface area contributed by atoms with Crippen molar-refractivity contribution in [3.63, 3.8) is 0 Å². The molecule has 1 fully saturated rings. The minimum absolute atomic E-state index is 0.0582. The number of nitrogens with zero attached hydrogens (tertiary/aromatic N) is 1. The second-order valence-electron chi connectivity index (χ2n) is 5.83. The number of carbonyl (C=O) groups excluding carboxylic acids is 1. The number of nitrogens with one attached hydrogen (secondary N) is 1. The molecular formula is C18H19ClN2O4S. The third-order valence-electron chi connectivity index (χ3n) is 4.06. The Bertz CT molecular complexity index is 878. The highest BCUT2D eigenvalue weighted by Crippen LogP contribution is 2.19. The van der Waals surface area contributed by atoms with E-state index in [1.807, 2.05) is 0 Å². The first-order chi connectivity index (χ1) is 12.5. The van der Waals surface area contributed by atoms with Gasteiger partial charge in [0.15, 0.2) is 5.78 Å². The van der Waals surface area contributed by atoms with Gasteiger partial charge in [-0.25, -0.2) is 8.42 Å². The second kappa shape index (κ2) is 8.18. The van der Waals surface area contributed by atoms with Crippen LogP contribution in [0.5, 0.6) is 0 Å². The molecule has 3 rings (SSSR count). The number of hydrogen-bond acceptors (Lipinski definition) is 5. The number of anilines is 1. The van der Waals surface area contributed by atoms with Crippen molar-refractivity contribution < 1.29 is 17.9 Å². The van der Waals surface area contributed by atoms with E-state index in [0.717, 1.165) is 5.69 Å². The number of halogens is 1. The van der Waals surface area contributed by atoms with Crippen molar-refractivity contribution in [3.8, 4) is 0 Å². The van der Waals surface area contributed by atoms with Crippen molar-refractivity contribution in [1.29, 1.82) is 0 Å². The average molecular weight is 395 g/mol. The summed E-state index contributed by atoms with van der Waals surface area (Å²) in [6.07, 6.45) is 0. The Morgan fingerprint density at radius 2 is 1.81 bits per heavy atom. The number of rotatable bonds is 6. The van der Waals surface area contributed by atoms with Crippen molar-refractivity contribution >= 4 is 33.1 Å². The number of morpholine rings is 1. The first-order valence-electron chi connectivity index (χ1n) is 8.17. The molecule has 1 aliphatic rings. The molecule has 2 aromatic rings. The topological polar surface area (TPSA) is 75.7 Å². The quantitative estimate of drug-likeness (QED) is 0.762. The number of ether oxygens (including phenoxy) is 1. The summed E-state index contributed by atoms with van der Waals surface area (Å²) in [4.78, 5) is 12.5. The Morgan fingerprint density at radius 1 is 1.12 bits per heavy atom. The molecular weight excluding hydrogens is 376 g/mol. The van der Waals surface area contributed by atoms with Gasteiger partial charge in [0.2, 0.25) is 10.0 Å². The zero-order valence-corrected chi connectivity index (χ0v) is 15.6. The van der Waals surface area contributed by atoms with Crippen LogP contribution in [0.25, 0.3) is 0 Å². The molecule has 0 amide bonds. The van der Waals surface area contributed by atoms with Crippen LogP contribution in [0.2, 0.25) is 5.02 Å². The van der Waals surface area contributed by atoms with Crippen LogP contribution >= 0.6 is 11.6 Å². The third-order valence-corrected chi connectivity index (χ3v) is 6.21. The number of ketones is 1. The second-order valence-corrected chi connectivity index (χ2v) is 8.20. The monoisotopic (exact) mass is 394 g/mol.